The summed E-state index contributed by atoms with van der Waals surface area (Å²) in [6.07, 6.45) is 0.746. The smallest absolute Gasteiger partial charge is 0.250 e. The normalized spacial score (nSPS) is 25.6. The van der Waals surface area contributed by atoms with E-state index in [1.807, 2.05) is 30.4 Å². The van der Waals surface area contributed by atoms with Crippen molar-refractivity contribution in [3.8, 4) is 0 Å². The molecule has 5 N–H and O–H groups in total. The number of nitrogens with two attached hydrogens (primary N) is 1. The van der Waals surface area contributed by atoms with Gasteiger partial charge in [0.2, 0.25) is 5.91 Å². The highest BCUT2D eigenvalue weighted by molar-refractivity contribution is 8.21. The van der Waals surface area contributed by atoms with Crippen LogP contribution in [0.3, 0.4) is 0 Å². The number of thioether (sulfide) groups is 2. The van der Waals surface area contributed by atoms with Crippen LogP contribution in [0, 0.1) is 0 Å². The summed E-state index contributed by atoms with van der Waals surface area (Å²) in [5, 5.41) is 17.3. The second-order valence-electron chi connectivity index (χ2n) is 6.24. The van der Waals surface area contributed by atoms with E-state index >= 15 is 0 Å². The fourth-order valence-electron chi connectivity index (χ4n) is 3.17. The van der Waals surface area contributed by atoms with E-state index in [9.17, 15) is 14.7 Å². The molecule has 0 aromatic carbocycles. The number of hydrazine groups is 1. The minimum absolute atomic E-state index is 0.00914. The molecule has 24 heavy (non-hydrogen) atoms. The van der Waals surface area contributed by atoms with Crippen LogP contribution in [-0.2, 0) is 9.59 Å². The van der Waals surface area contributed by atoms with Gasteiger partial charge >= 0.3 is 0 Å². The molecule has 0 aromatic rings. The number of rotatable bonds is 7. The number of aliphatic hydroxyl groups is 1. The van der Waals surface area contributed by atoms with Gasteiger partial charge in [-0.15, -0.1) is 23.5 Å². The molecular formula is C15H28N4O3S2. The Kier molecular flexibility index (Phi) is 7.23. The molecule has 0 aliphatic carbocycles. The first-order chi connectivity index (χ1) is 11.4. The Morgan fingerprint density at radius 2 is 2.04 bits per heavy atom. The molecule has 138 valence electrons. The van der Waals surface area contributed by atoms with E-state index in [0.717, 1.165) is 17.9 Å². The molecule has 2 aliphatic heterocycles. The van der Waals surface area contributed by atoms with E-state index in [1.165, 1.54) is 0 Å². The van der Waals surface area contributed by atoms with Crippen LogP contribution in [0.5, 0.6) is 0 Å². The Morgan fingerprint density at radius 3 is 2.62 bits per heavy atom. The Labute approximate surface area is 151 Å². The zero-order chi connectivity index (χ0) is 17.7. The molecule has 2 heterocycles. The predicted molar refractivity (Wildman–Crippen MR) is 98.5 cm³/mol. The average molecular weight is 377 g/mol. The lowest BCUT2D eigenvalue weighted by atomic mass is 10.0. The first-order valence-electron chi connectivity index (χ1n) is 8.48. The second kappa shape index (κ2) is 8.75. The van der Waals surface area contributed by atoms with Crippen molar-refractivity contribution in [1.29, 1.82) is 0 Å². The number of hydrogen-bond donors (Lipinski definition) is 4. The van der Waals surface area contributed by atoms with Crippen LogP contribution in [-0.4, -0.2) is 68.8 Å². The molecule has 2 amide bonds. The Morgan fingerprint density at radius 1 is 1.38 bits per heavy atom. The molecule has 2 rings (SSSR count). The molecule has 2 saturated heterocycles. The molecule has 9 heteroatoms. The highest BCUT2D eigenvalue weighted by atomic mass is 32.2. The van der Waals surface area contributed by atoms with Crippen LogP contribution in [0.2, 0.25) is 0 Å². The minimum Gasteiger partial charge on any atom is -0.381 e. The number of likely N-dealkylation sites (N-methyl/N-ethyl adjacent to an activating group) is 1. The van der Waals surface area contributed by atoms with Crippen LogP contribution in [0.4, 0.5) is 0 Å². The number of hydrogen-bond acceptors (Lipinski definition) is 7. The monoisotopic (exact) mass is 376 g/mol. The standard InChI is InChI=1S/C15H28N4O3S2/c1-3-5-10(12(20)14(22)17-4-2)18-13(21)11-8-15(9-19(11)16)23-6-7-24-15/h10-12,20H,3-9,16H2,1-2H3,(H,17,22)(H,18,21)/t10?,11-,12?/m0/s1. The number of amides is 2. The van der Waals surface area contributed by atoms with Crippen molar-refractivity contribution in [2.24, 2.45) is 5.84 Å². The summed E-state index contributed by atoms with van der Waals surface area (Å²) in [4.78, 5) is 24.5. The molecule has 0 radical (unpaired) electrons. The van der Waals surface area contributed by atoms with Gasteiger partial charge in [0, 0.05) is 24.6 Å². The number of carbonyl (C=O) groups excluding carboxylic acids is 2. The predicted octanol–water partition coefficient (Wildman–Crippen LogP) is -0.107. The van der Waals surface area contributed by atoms with E-state index in [0.29, 0.717) is 25.9 Å². The molecule has 2 aliphatic rings. The molecular weight excluding hydrogens is 348 g/mol. The average Bonchev–Trinajstić information content (AvgIpc) is 3.13. The van der Waals surface area contributed by atoms with Crippen molar-refractivity contribution in [2.75, 3.05) is 24.6 Å². The topological polar surface area (TPSA) is 108 Å². The lowest BCUT2D eigenvalue weighted by Crippen LogP contribution is -2.55. The molecule has 0 bridgehead atoms. The summed E-state index contributed by atoms with van der Waals surface area (Å²) < 4.78 is 0.00914. The molecule has 2 fully saturated rings. The molecule has 7 nitrogen and oxygen atoms in total. The van der Waals surface area contributed by atoms with E-state index in [2.05, 4.69) is 10.6 Å². The Hall–Kier alpha value is -0.480. The van der Waals surface area contributed by atoms with Gasteiger partial charge in [0.05, 0.1) is 10.1 Å². The van der Waals surface area contributed by atoms with Crippen molar-refractivity contribution in [1.82, 2.24) is 15.6 Å². The van der Waals surface area contributed by atoms with Gasteiger partial charge in [-0.25, -0.2) is 5.01 Å². The van der Waals surface area contributed by atoms with Crippen molar-refractivity contribution in [3.63, 3.8) is 0 Å². The van der Waals surface area contributed by atoms with E-state index in [1.54, 1.807) is 11.9 Å². The summed E-state index contributed by atoms with van der Waals surface area (Å²) in [7, 11) is 0. The molecule has 1 spiro atoms. The third-order valence-electron chi connectivity index (χ3n) is 4.37. The molecule has 0 aromatic heterocycles. The summed E-state index contributed by atoms with van der Waals surface area (Å²) in [5.74, 6) is 7.58. The highest BCUT2D eigenvalue weighted by Crippen LogP contribution is 2.50. The molecule has 0 saturated carbocycles. The first kappa shape index (κ1) is 19.8. The van der Waals surface area contributed by atoms with Crippen LogP contribution in [0.25, 0.3) is 0 Å². The lowest BCUT2D eigenvalue weighted by Gasteiger charge is -2.26. The van der Waals surface area contributed by atoms with Crippen LogP contribution >= 0.6 is 23.5 Å². The lowest BCUT2D eigenvalue weighted by molar-refractivity contribution is -0.133. The first-order valence-corrected chi connectivity index (χ1v) is 10.4. The highest BCUT2D eigenvalue weighted by Gasteiger charge is 2.49. The minimum atomic E-state index is -1.24. The Bertz CT molecular complexity index is 460. The van der Waals surface area contributed by atoms with Gasteiger partial charge in [-0.1, -0.05) is 13.3 Å². The second-order valence-corrected chi connectivity index (χ2v) is 9.46. The van der Waals surface area contributed by atoms with Gasteiger partial charge in [0.25, 0.3) is 5.91 Å². The van der Waals surface area contributed by atoms with Crippen molar-refractivity contribution >= 4 is 35.3 Å². The van der Waals surface area contributed by atoms with Crippen molar-refractivity contribution in [2.45, 2.75) is 55.4 Å². The maximum absolute atomic E-state index is 12.7. The van der Waals surface area contributed by atoms with Crippen LogP contribution in [0.15, 0.2) is 0 Å². The number of nitrogens with one attached hydrogen (secondary N) is 2. The molecule has 2 unspecified atom stereocenters. The van der Waals surface area contributed by atoms with Crippen molar-refractivity contribution in [3.05, 3.63) is 0 Å². The largest absolute Gasteiger partial charge is 0.381 e. The van der Waals surface area contributed by atoms with Crippen LogP contribution < -0.4 is 16.5 Å². The summed E-state index contributed by atoms with van der Waals surface area (Å²) >= 11 is 3.74. The third kappa shape index (κ3) is 4.57. The maximum Gasteiger partial charge on any atom is 0.250 e. The summed E-state index contributed by atoms with van der Waals surface area (Å²) in [6.45, 7) is 4.87. The van der Waals surface area contributed by atoms with Gasteiger partial charge in [-0.2, -0.15) is 0 Å². The van der Waals surface area contributed by atoms with Gasteiger partial charge in [-0.05, 0) is 19.8 Å². The molecule has 3 atom stereocenters. The number of carbonyl (C=O) groups is 2. The third-order valence-corrected chi connectivity index (χ3v) is 7.80. The van der Waals surface area contributed by atoms with Gasteiger partial charge in [0.15, 0.2) is 6.10 Å². The van der Waals surface area contributed by atoms with E-state index < -0.39 is 24.1 Å². The van der Waals surface area contributed by atoms with Gasteiger partial charge < -0.3 is 15.7 Å². The SMILES string of the molecule is CCCC(NC(=O)[C@@H]1CC2(CN1N)SCCS2)C(O)C(=O)NCC. The fourth-order valence-corrected chi connectivity index (χ4v) is 6.45. The number of aliphatic hydroxyl groups excluding tert-OH is 1. The van der Waals surface area contributed by atoms with Gasteiger partial charge in [-0.3, -0.25) is 15.4 Å². The van der Waals surface area contributed by atoms with E-state index in [4.69, 9.17) is 5.84 Å². The van der Waals surface area contributed by atoms with E-state index in [-0.39, 0.29) is 9.99 Å². The Balaban J connectivity index is 1.98. The number of nitrogens with zero attached hydrogens (tertiary/aromatic N) is 1. The quantitative estimate of drug-likeness (QED) is 0.459. The summed E-state index contributed by atoms with van der Waals surface area (Å²) in [5.41, 5.74) is 0. The van der Waals surface area contributed by atoms with Crippen LogP contribution in [0.1, 0.15) is 33.1 Å². The fraction of sp³-hybridized carbons (Fsp3) is 0.867. The zero-order valence-corrected chi connectivity index (χ0v) is 15.9. The van der Waals surface area contributed by atoms with Gasteiger partial charge in [0.1, 0.15) is 6.04 Å². The zero-order valence-electron chi connectivity index (χ0n) is 14.3. The van der Waals surface area contributed by atoms with Crippen molar-refractivity contribution < 1.29 is 14.7 Å². The maximum atomic E-state index is 12.7. The summed E-state index contributed by atoms with van der Waals surface area (Å²) in [6, 6.07) is -1.01.